The van der Waals surface area contributed by atoms with Crippen LogP contribution in [0.4, 0.5) is 0 Å². The number of hydrogen-bond acceptors (Lipinski definition) is 4. The van der Waals surface area contributed by atoms with Crippen molar-refractivity contribution in [1.29, 1.82) is 0 Å². The van der Waals surface area contributed by atoms with E-state index in [-0.39, 0.29) is 0 Å². The van der Waals surface area contributed by atoms with E-state index in [0.717, 1.165) is 39.7 Å². The highest BCUT2D eigenvalue weighted by atomic mass is 35.5. The molecule has 0 spiro atoms. The van der Waals surface area contributed by atoms with Crippen LogP contribution < -0.4 is 0 Å². The summed E-state index contributed by atoms with van der Waals surface area (Å²) in [5.41, 5.74) is 6.47. The Morgan fingerprint density at radius 3 is 2.51 bits per heavy atom. The van der Waals surface area contributed by atoms with E-state index in [0.29, 0.717) is 13.0 Å². The Kier molecular flexibility index (Phi) is 7.02. The normalized spacial score (nSPS) is 14.1. The minimum absolute atomic E-state index is 0.618. The van der Waals surface area contributed by atoms with Crippen molar-refractivity contribution in [3.63, 3.8) is 0 Å². The number of halogens is 1. The Balaban J connectivity index is 1.14. The van der Waals surface area contributed by atoms with Gasteiger partial charge in [0.15, 0.2) is 11.5 Å². The van der Waals surface area contributed by atoms with Crippen LogP contribution in [0.3, 0.4) is 0 Å². The molecule has 1 saturated heterocycles. The van der Waals surface area contributed by atoms with E-state index < -0.39 is 0 Å². The third-order valence-corrected chi connectivity index (χ3v) is 7.52. The minimum atomic E-state index is 0.618. The molecule has 1 aliphatic heterocycles. The number of aromatic nitrogens is 5. The quantitative estimate of drug-likeness (QED) is 0.247. The number of hydrogen-bond donors (Lipinski definition) is 0. The molecule has 6 nitrogen and oxygen atoms in total. The summed E-state index contributed by atoms with van der Waals surface area (Å²) < 4.78 is 3.82. The van der Waals surface area contributed by atoms with E-state index in [4.69, 9.17) is 21.7 Å². The Morgan fingerprint density at radius 2 is 1.68 bits per heavy atom. The largest absolute Gasteiger partial charge is 0.303 e. The van der Waals surface area contributed by atoms with Crippen molar-refractivity contribution in [2.24, 2.45) is 0 Å². The van der Waals surface area contributed by atoms with Gasteiger partial charge in [-0.05, 0) is 80.2 Å². The van der Waals surface area contributed by atoms with Crippen LogP contribution in [0.5, 0.6) is 0 Å². The monoisotopic (exact) mass is 510 g/mol. The SMILES string of the molecule is Clc1ccccc1Cn1cc(-c2cccc3nc(Cc4ccc(CCCN5CCCC5)cc4)nn23)cn1. The predicted molar refractivity (Wildman–Crippen MR) is 148 cm³/mol. The van der Waals surface area contributed by atoms with Gasteiger partial charge in [-0.15, -0.1) is 0 Å². The molecule has 7 heteroatoms. The predicted octanol–water partition coefficient (Wildman–Crippen LogP) is 5.91. The molecule has 1 fully saturated rings. The first kappa shape index (κ1) is 23.9. The molecule has 5 aromatic rings. The minimum Gasteiger partial charge on any atom is -0.303 e. The van der Waals surface area contributed by atoms with Crippen molar-refractivity contribution >= 4 is 17.2 Å². The molecule has 0 radical (unpaired) electrons. The fourth-order valence-electron chi connectivity index (χ4n) is 5.15. The number of benzene rings is 2. The van der Waals surface area contributed by atoms with Crippen LogP contribution in [0.15, 0.2) is 79.1 Å². The average molecular weight is 511 g/mol. The lowest BCUT2D eigenvalue weighted by Gasteiger charge is -2.13. The fraction of sp³-hybridized carbons (Fsp3) is 0.300. The Bertz CT molecular complexity index is 1480. The summed E-state index contributed by atoms with van der Waals surface area (Å²) >= 11 is 6.34. The zero-order valence-electron chi connectivity index (χ0n) is 20.9. The van der Waals surface area contributed by atoms with Crippen LogP contribution in [0.2, 0.25) is 5.02 Å². The molecule has 0 amide bonds. The van der Waals surface area contributed by atoms with Crippen LogP contribution in [0, 0.1) is 0 Å². The molecule has 0 bridgehead atoms. The van der Waals surface area contributed by atoms with Crippen molar-refractivity contribution in [2.45, 2.75) is 38.6 Å². The number of nitrogens with zero attached hydrogens (tertiary/aromatic N) is 6. The number of likely N-dealkylation sites (tertiary alicyclic amines) is 1. The van der Waals surface area contributed by atoms with Gasteiger partial charge in [-0.2, -0.15) is 10.2 Å². The first-order valence-corrected chi connectivity index (χ1v) is 13.5. The summed E-state index contributed by atoms with van der Waals surface area (Å²) in [5, 5.41) is 10.2. The Labute approximate surface area is 222 Å². The molecule has 3 aromatic heterocycles. The third-order valence-electron chi connectivity index (χ3n) is 7.15. The molecule has 188 valence electrons. The van der Waals surface area contributed by atoms with E-state index in [9.17, 15) is 0 Å². The molecule has 1 aliphatic rings. The molecule has 0 aliphatic carbocycles. The second-order valence-corrected chi connectivity index (χ2v) is 10.3. The molecule has 0 atom stereocenters. The average Bonchev–Trinajstić information content (AvgIpc) is 3.67. The zero-order chi connectivity index (χ0) is 25.0. The van der Waals surface area contributed by atoms with Gasteiger partial charge in [0, 0.05) is 23.2 Å². The van der Waals surface area contributed by atoms with E-state index >= 15 is 0 Å². The Morgan fingerprint density at radius 1 is 0.865 bits per heavy atom. The third kappa shape index (κ3) is 5.60. The van der Waals surface area contributed by atoms with Crippen LogP contribution in [-0.2, 0) is 19.4 Å². The molecule has 0 saturated carbocycles. The number of rotatable bonds is 9. The Hall–Kier alpha value is -3.48. The number of aryl methyl sites for hydroxylation is 1. The highest BCUT2D eigenvalue weighted by molar-refractivity contribution is 6.31. The van der Waals surface area contributed by atoms with Crippen molar-refractivity contribution < 1.29 is 0 Å². The summed E-state index contributed by atoms with van der Waals surface area (Å²) in [6, 6.07) is 22.9. The molecule has 0 unspecified atom stereocenters. The first-order valence-electron chi connectivity index (χ1n) is 13.1. The number of pyridine rings is 1. The van der Waals surface area contributed by atoms with Crippen LogP contribution >= 0.6 is 11.6 Å². The topological polar surface area (TPSA) is 51.2 Å². The van der Waals surface area contributed by atoms with Gasteiger partial charge in [0.25, 0.3) is 0 Å². The standard InChI is InChI=1S/C30H31ClN6/c31-27-9-2-1-8-25(27)21-36-22-26(20-32-36)28-10-5-11-30-33-29(34-37(28)30)19-24-14-12-23(13-15-24)7-6-18-35-16-3-4-17-35/h1-2,5,8-15,20,22H,3-4,6-7,16-19,21H2. The maximum absolute atomic E-state index is 6.34. The van der Waals surface area contributed by atoms with E-state index in [1.165, 1.54) is 50.0 Å². The van der Waals surface area contributed by atoms with Gasteiger partial charge in [-0.1, -0.05) is 60.1 Å². The van der Waals surface area contributed by atoms with Gasteiger partial charge in [0.2, 0.25) is 0 Å². The summed E-state index contributed by atoms with van der Waals surface area (Å²) in [6.45, 7) is 4.38. The van der Waals surface area contributed by atoms with Crippen molar-refractivity contribution in [3.05, 3.63) is 107 Å². The van der Waals surface area contributed by atoms with Crippen LogP contribution in [0.25, 0.3) is 16.9 Å². The van der Waals surface area contributed by atoms with Crippen LogP contribution in [-0.4, -0.2) is 48.9 Å². The molecular weight excluding hydrogens is 480 g/mol. The maximum atomic E-state index is 6.34. The fourth-order valence-corrected chi connectivity index (χ4v) is 5.34. The summed E-state index contributed by atoms with van der Waals surface area (Å²) in [4.78, 5) is 7.38. The van der Waals surface area contributed by atoms with Crippen molar-refractivity contribution in [2.75, 3.05) is 19.6 Å². The number of fused-ring (bicyclic) bond motifs is 1. The highest BCUT2D eigenvalue weighted by Gasteiger charge is 2.13. The molecule has 37 heavy (non-hydrogen) atoms. The van der Waals surface area contributed by atoms with E-state index in [2.05, 4.69) is 40.3 Å². The second kappa shape index (κ2) is 10.9. The second-order valence-electron chi connectivity index (χ2n) is 9.87. The lowest BCUT2D eigenvalue weighted by Crippen LogP contribution is -2.20. The van der Waals surface area contributed by atoms with Crippen LogP contribution in [0.1, 0.15) is 41.8 Å². The van der Waals surface area contributed by atoms with Gasteiger partial charge in [-0.25, -0.2) is 9.50 Å². The lowest BCUT2D eigenvalue weighted by molar-refractivity contribution is 0.334. The van der Waals surface area contributed by atoms with Crippen molar-refractivity contribution in [1.82, 2.24) is 29.3 Å². The van der Waals surface area contributed by atoms with Gasteiger partial charge in [-0.3, -0.25) is 4.68 Å². The zero-order valence-corrected chi connectivity index (χ0v) is 21.7. The highest BCUT2D eigenvalue weighted by Crippen LogP contribution is 2.22. The van der Waals surface area contributed by atoms with Crippen molar-refractivity contribution in [3.8, 4) is 11.3 Å². The summed E-state index contributed by atoms with van der Waals surface area (Å²) in [6.07, 6.45) is 9.70. The summed E-state index contributed by atoms with van der Waals surface area (Å²) in [5.74, 6) is 0.817. The first-order chi connectivity index (χ1) is 18.2. The maximum Gasteiger partial charge on any atom is 0.156 e. The van der Waals surface area contributed by atoms with Gasteiger partial charge in [0.1, 0.15) is 0 Å². The molecule has 4 heterocycles. The van der Waals surface area contributed by atoms with E-state index in [1.807, 2.05) is 58.0 Å². The van der Waals surface area contributed by atoms with E-state index in [1.54, 1.807) is 0 Å². The van der Waals surface area contributed by atoms with Gasteiger partial charge in [0.05, 0.1) is 18.4 Å². The molecule has 0 N–H and O–H groups in total. The molecule has 6 rings (SSSR count). The molecule has 2 aromatic carbocycles. The lowest BCUT2D eigenvalue weighted by atomic mass is 10.1. The molecular formula is C30H31ClN6. The van der Waals surface area contributed by atoms with Gasteiger partial charge >= 0.3 is 0 Å². The summed E-state index contributed by atoms with van der Waals surface area (Å²) in [7, 11) is 0. The van der Waals surface area contributed by atoms with Gasteiger partial charge < -0.3 is 4.90 Å². The smallest absolute Gasteiger partial charge is 0.156 e.